The highest BCUT2D eigenvalue weighted by molar-refractivity contribution is 7.86. The SMILES string of the molecule is N#CC1CN(S(=O)(=O)N2CCC[C@H](C(=O)N3CCC[C@@H]3C(=O)NCc3ccc(F)cc3C(F)(F)F)C2)C1. The van der Waals surface area contributed by atoms with Crippen molar-refractivity contribution in [1.29, 1.82) is 5.26 Å². The Bertz CT molecular complexity index is 1200. The number of nitriles is 1. The van der Waals surface area contributed by atoms with Gasteiger partial charge in [0.1, 0.15) is 11.9 Å². The Balaban J connectivity index is 1.39. The van der Waals surface area contributed by atoms with Crippen LogP contribution in [0.3, 0.4) is 0 Å². The molecule has 3 aliphatic rings. The number of amides is 2. The number of carbonyl (C=O) groups excluding carboxylic acids is 2. The van der Waals surface area contributed by atoms with Gasteiger partial charge in [-0.15, -0.1) is 0 Å². The smallest absolute Gasteiger partial charge is 0.350 e. The van der Waals surface area contributed by atoms with E-state index in [-0.39, 0.29) is 50.1 Å². The highest BCUT2D eigenvalue weighted by Crippen LogP contribution is 2.33. The largest absolute Gasteiger partial charge is 0.416 e. The molecule has 1 N–H and O–H groups in total. The monoisotopic (exact) mass is 545 g/mol. The third-order valence-electron chi connectivity index (χ3n) is 7.09. The number of hydrogen-bond acceptors (Lipinski definition) is 5. The van der Waals surface area contributed by atoms with E-state index in [1.807, 2.05) is 6.07 Å². The van der Waals surface area contributed by atoms with Crippen LogP contribution in [0.2, 0.25) is 0 Å². The van der Waals surface area contributed by atoms with Crippen LogP contribution >= 0.6 is 0 Å². The molecule has 3 aliphatic heterocycles. The zero-order valence-corrected chi connectivity index (χ0v) is 20.7. The molecule has 9 nitrogen and oxygen atoms in total. The minimum Gasteiger partial charge on any atom is -0.350 e. The van der Waals surface area contributed by atoms with Crippen molar-refractivity contribution in [2.45, 2.75) is 44.4 Å². The van der Waals surface area contributed by atoms with Gasteiger partial charge in [-0.3, -0.25) is 9.59 Å². The van der Waals surface area contributed by atoms with Crippen LogP contribution in [0.4, 0.5) is 17.6 Å². The molecule has 3 fully saturated rings. The van der Waals surface area contributed by atoms with Crippen LogP contribution in [-0.4, -0.2) is 72.5 Å². The molecule has 3 heterocycles. The maximum Gasteiger partial charge on any atom is 0.416 e. The highest BCUT2D eigenvalue weighted by Gasteiger charge is 2.44. The molecule has 37 heavy (non-hydrogen) atoms. The fourth-order valence-electron chi connectivity index (χ4n) is 5.03. The molecule has 0 radical (unpaired) electrons. The van der Waals surface area contributed by atoms with Crippen LogP contribution < -0.4 is 5.32 Å². The third-order valence-corrected chi connectivity index (χ3v) is 9.02. The molecule has 202 valence electrons. The first-order chi connectivity index (χ1) is 17.4. The average Bonchev–Trinajstić information content (AvgIpc) is 3.31. The number of nitrogens with one attached hydrogen (secondary N) is 1. The first-order valence-electron chi connectivity index (χ1n) is 12.0. The van der Waals surface area contributed by atoms with Gasteiger partial charge in [-0.05, 0) is 43.4 Å². The molecule has 2 atom stereocenters. The lowest BCUT2D eigenvalue weighted by Crippen LogP contribution is -2.57. The number of alkyl halides is 3. The molecule has 14 heteroatoms. The van der Waals surface area contributed by atoms with Gasteiger partial charge in [-0.25, -0.2) is 4.39 Å². The predicted octanol–water partition coefficient (Wildman–Crippen LogP) is 1.86. The van der Waals surface area contributed by atoms with Crippen molar-refractivity contribution in [3.63, 3.8) is 0 Å². The van der Waals surface area contributed by atoms with Gasteiger partial charge in [0.2, 0.25) is 11.8 Å². The Hall–Kier alpha value is -2.76. The van der Waals surface area contributed by atoms with Crippen LogP contribution in [0.25, 0.3) is 0 Å². The van der Waals surface area contributed by atoms with Gasteiger partial charge in [0.15, 0.2) is 0 Å². The van der Waals surface area contributed by atoms with Gasteiger partial charge >= 0.3 is 6.18 Å². The second-order valence-corrected chi connectivity index (χ2v) is 11.5. The molecule has 0 saturated carbocycles. The van der Waals surface area contributed by atoms with Crippen molar-refractivity contribution in [3.05, 3.63) is 35.1 Å². The summed E-state index contributed by atoms with van der Waals surface area (Å²) in [4.78, 5) is 27.6. The lowest BCUT2D eigenvalue weighted by atomic mass is 9.97. The number of hydrogen-bond donors (Lipinski definition) is 1. The minimum atomic E-state index is -4.80. The van der Waals surface area contributed by atoms with Crippen molar-refractivity contribution in [1.82, 2.24) is 18.8 Å². The quantitative estimate of drug-likeness (QED) is 0.549. The van der Waals surface area contributed by atoms with Gasteiger partial charge in [0.05, 0.1) is 23.5 Å². The van der Waals surface area contributed by atoms with E-state index in [9.17, 15) is 35.6 Å². The molecule has 1 aromatic carbocycles. The summed E-state index contributed by atoms with van der Waals surface area (Å²) in [5, 5.41) is 11.4. The van der Waals surface area contributed by atoms with E-state index < -0.39 is 52.2 Å². The van der Waals surface area contributed by atoms with E-state index in [1.165, 1.54) is 13.5 Å². The van der Waals surface area contributed by atoms with E-state index in [0.29, 0.717) is 31.7 Å². The van der Waals surface area contributed by atoms with Gasteiger partial charge in [-0.1, -0.05) is 6.07 Å². The number of halogens is 4. The fraction of sp³-hybridized carbons (Fsp3) is 0.609. The van der Waals surface area contributed by atoms with E-state index in [2.05, 4.69) is 5.32 Å². The highest BCUT2D eigenvalue weighted by atomic mass is 32.2. The number of carbonyl (C=O) groups is 2. The van der Waals surface area contributed by atoms with Crippen molar-refractivity contribution in [3.8, 4) is 6.07 Å². The molecule has 4 rings (SSSR count). The Labute approximate surface area is 212 Å². The predicted molar refractivity (Wildman–Crippen MR) is 122 cm³/mol. The number of piperidine rings is 1. The Kier molecular flexibility index (Phi) is 7.77. The minimum absolute atomic E-state index is 0.0375. The molecule has 3 saturated heterocycles. The maximum absolute atomic E-state index is 13.4. The van der Waals surface area contributed by atoms with Crippen LogP contribution in [0, 0.1) is 29.0 Å². The van der Waals surface area contributed by atoms with Gasteiger partial charge in [0, 0.05) is 39.3 Å². The molecule has 1 aromatic rings. The Morgan fingerprint density at radius 3 is 2.46 bits per heavy atom. The second kappa shape index (κ2) is 10.5. The number of nitrogens with zero attached hydrogens (tertiary/aromatic N) is 4. The first-order valence-corrected chi connectivity index (χ1v) is 13.4. The number of rotatable bonds is 6. The van der Waals surface area contributed by atoms with Gasteiger partial charge < -0.3 is 10.2 Å². The molecular weight excluding hydrogens is 518 g/mol. The lowest BCUT2D eigenvalue weighted by Gasteiger charge is -2.41. The summed E-state index contributed by atoms with van der Waals surface area (Å²) in [5.41, 5.74) is -1.48. The van der Waals surface area contributed by atoms with Crippen LogP contribution in [0.5, 0.6) is 0 Å². The summed E-state index contributed by atoms with van der Waals surface area (Å²) in [7, 11) is -3.80. The maximum atomic E-state index is 13.4. The standard InChI is InChI=1S/C23H27F4N5O4S/c24-18-6-5-16(19(9-18)23(25,26)27)11-29-21(33)20-4-2-8-32(20)22(34)17-3-1-7-30(14-17)37(35,36)31-12-15(10-28)13-31/h5-6,9,15,17,20H,1-4,7-8,11-14H2,(H,29,33)/t17-,20+/m0/s1. The summed E-state index contributed by atoms with van der Waals surface area (Å²) in [6, 6.07) is 3.35. The fourth-order valence-corrected chi connectivity index (χ4v) is 6.82. The van der Waals surface area contributed by atoms with Crippen LogP contribution in [0.1, 0.15) is 36.8 Å². The molecule has 0 unspecified atom stereocenters. The molecule has 0 spiro atoms. The molecule has 0 aromatic heterocycles. The van der Waals surface area contributed by atoms with Crippen molar-refractivity contribution in [2.75, 3.05) is 32.7 Å². The molecular formula is C23H27F4N5O4S. The normalized spacial score (nSPS) is 23.9. The second-order valence-electron chi connectivity index (χ2n) is 9.55. The van der Waals surface area contributed by atoms with Gasteiger partial charge in [0.25, 0.3) is 10.2 Å². The van der Waals surface area contributed by atoms with E-state index in [4.69, 9.17) is 5.26 Å². The van der Waals surface area contributed by atoms with Crippen molar-refractivity contribution < 1.29 is 35.6 Å². The lowest BCUT2D eigenvalue weighted by molar-refractivity contribution is -0.142. The zero-order valence-electron chi connectivity index (χ0n) is 19.9. The van der Waals surface area contributed by atoms with Crippen LogP contribution in [0.15, 0.2) is 18.2 Å². The Morgan fingerprint density at radius 2 is 1.78 bits per heavy atom. The summed E-state index contributed by atoms with van der Waals surface area (Å²) < 4.78 is 81.3. The summed E-state index contributed by atoms with van der Waals surface area (Å²) in [6.45, 7) is 0.244. The molecule has 0 aliphatic carbocycles. The summed E-state index contributed by atoms with van der Waals surface area (Å²) in [5.74, 6) is -3.03. The topological polar surface area (TPSA) is 114 Å². The van der Waals surface area contributed by atoms with E-state index in [0.717, 1.165) is 12.1 Å². The number of likely N-dealkylation sites (tertiary alicyclic amines) is 1. The van der Waals surface area contributed by atoms with Gasteiger partial charge in [-0.2, -0.15) is 35.5 Å². The Morgan fingerprint density at radius 1 is 1.08 bits per heavy atom. The zero-order chi connectivity index (χ0) is 27.0. The summed E-state index contributed by atoms with van der Waals surface area (Å²) >= 11 is 0. The third kappa shape index (κ3) is 5.73. The average molecular weight is 546 g/mol. The van der Waals surface area contributed by atoms with Crippen molar-refractivity contribution >= 4 is 22.0 Å². The van der Waals surface area contributed by atoms with E-state index >= 15 is 0 Å². The first kappa shape index (κ1) is 27.3. The molecule has 2 amide bonds. The van der Waals surface area contributed by atoms with Crippen molar-refractivity contribution in [2.24, 2.45) is 11.8 Å². The summed E-state index contributed by atoms with van der Waals surface area (Å²) in [6.07, 6.45) is -3.05. The molecule has 0 bridgehead atoms. The number of benzene rings is 1. The van der Waals surface area contributed by atoms with E-state index in [1.54, 1.807) is 0 Å². The van der Waals surface area contributed by atoms with Crippen LogP contribution in [-0.2, 0) is 32.5 Å².